The second-order valence-corrected chi connectivity index (χ2v) is 23.6. The summed E-state index contributed by atoms with van der Waals surface area (Å²) in [5.41, 5.74) is -2.52. The van der Waals surface area contributed by atoms with Gasteiger partial charge in [0.25, 0.3) is 0 Å². The number of hydrogen-bond donors (Lipinski definition) is 0. The molecule has 0 fully saturated rings. The van der Waals surface area contributed by atoms with E-state index < -0.39 is 69.8 Å². The van der Waals surface area contributed by atoms with Gasteiger partial charge >= 0.3 is 30.9 Å². The first-order valence-electron chi connectivity index (χ1n) is 29.5. The van der Waals surface area contributed by atoms with Gasteiger partial charge in [-0.15, -0.1) is 0 Å². The fraction of sp³-hybridized carbons (Fsp3) is 0.117. The van der Waals surface area contributed by atoms with Crippen molar-refractivity contribution < 1.29 is 65.9 Å². The summed E-state index contributed by atoms with van der Waals surface area (Å²) in [6.07, 6.45) is -25.1. The molecule has 0 atom stereocenters. The maximum absolute atomic E-state index is 15.9. The minimum absolute atomic E-state index is 0.0235. The Labute approximate surface area is 537 Å². The van der Waals surface area contributed by atoms with Crippen LogP contribution < -0.4 is 0 Å². The Morgan fingerprint density at radius 3 is 1.14 bits per heavy atom. The Morgan fingerprint density at radius 1 is 0.302 bits per heavy atom. The van der Waals surface area contributed by atoms with Crippen molar-refractivity contribution in [2.45, 2.75) is 58.6 Å². The molecule has 0 saturated heterocycles. The number of aromatic nitrogens is 2. The van der Waals surface area contributed by atoms with E-state index in [1.807, 2.05) is 32.0 Å². The van der Waals surface area contributed by atoms with Gasteiger partial charge in [-0.2, -0.15) is 76.4 Å². The van der Waals surface area contributed by atoms with Crippen molar-refractivity contribution >= 4 is 43.6 Å². The van der Waals surface area contributed by atoms with E-state index in [4.69, 9.17) is 0 Å². The molecule has 0 aliphatic heterocycles. The van der Waals surface area contributed by atoms with E-state index in [9.17, 15) is 36.9 Å². The van der Waals surface area contributed by atoms with Crippen molar-refractivity contribution in [3.63, 3.8) is 0 Å². The molecule has 96 heavy (non-hydrogen) atoms. The molecule has 13 aromatic rings. The molecule has 0 bridgehead atoms. The van der Waals surface area contributed by atoms with Gasteiger partial charge in [0.2, 0.25) is 0 Å². The van der Waals surface area contributed by atoms with E-state index >= 15 is 39.5 Å². The van der Waals surface area contributed by atoms with Crippen molar-refractivity contribution in [1.29, 1.82) is 10.5 Å². The average Bonchev–Trinajstić information content (AvgIpc) is 1.52. The second-order valence-electron chi connectivity index (χ2n) is 23.6. The average molecular weight is 1310 g/mol. The van der Waals surface area contributed by atoms with Crippen LogP contribution in [0.3, 0.4) is 0 Å². The zero-order chi connectivity index (χ0) is 68.5. The largest absolute Gasteiger partial charge is 0.417 e. The number of hydrogen-bond acceptors (Lipinski definition) is 2. The van der Waals surface area contributed by atoms with E-state index in [2.05, 4.69) is 6.07 Å². The molecule has 0 saturated carbocycles. The molecular weight excluding hydrogens is 1270 g/mol. The Hall–Kier alpha value is -11.1. The van der Waals surface area contributed by atoms with Crippen LogP contribution in [0.4, 0.5) is 65.9 Å². The number of rotatable bonds is 8. The highest BCUT2D eigenvalue weighted by atomic mass is 19.4. The first kappa shape index (κ1) is 63.7. The molecule has 0 radical (unpaired) electrons. The van der Waals surface area contributed by atoms with Crippen LogP contribution in [0.25, 0.3) is 122 Å². The first-order valence-corrected chi connectivity index (χ1v) is 29.5. The first-order chi connectivity index (χ1) is 45.3. The molecular formula is C77H45F15N4. The third-order valence-electron chi connectivity index (χ3n) is 17.5. The maximum atomic E-state index is 15.9. The van der Waals surface area contributed by atoms with Crippen LogP contribution in [0.5, 0.6) is 0 Å². The lowest BCUT2D eigenvalue weighted by Gasteiger charge is -2.24. The molecule has 478 valence electrons. The normalized spacial score (nSPS) is 12.5. The number of alkyl halides is 15. The lowest BCUT2D eigenvalue weighted by molar-refractivity contribution is -0.143. The van der Waals surface area contributed by atoms with E-state index in [1.54, 1.807) is 63.7 Å². The van der Waals surface area contributed by atoms with Gasteiger partial charge in [-0.25, -0.2) is 0 Å². The van der Waals surface area contributed by atoms with Gasteiger partial charge in [0, 0.05) is 32.7 Å². The summed E-state index contributed by atoms with van der Waals surface area (Å²) in [6, 6.07) is 48.8. The minimum Gasteiger partial charge on any atom is -0.309 e. The highest BCUT2D eigenvalue weighted by Gasteiger charge is 2.40. The highest BCUT2D eigenvalue weighted by Crippen LogP contribution is 2.51. The smallest absolute Gasteiger partial charge is 0.309 e. The third-order valence-corrected chi connectivity index (χ3v) is 17.5. The van der Waals surface area contributed by atoms with Gasteiger partial charge in [-0.1, -0.05) is 102 Å². The summed E-state index contributed by atoms with van der Waals surface area (Å²) in [5, 5.41) is 22.8. The molecule has 4 nitrogen and oxygen atoms in total. The summed E-state index contributed by atoms with van der Waals surface area (Å²) >= 11 is 0. The summed E-state index contributed by atoms with van der Waals surface area (Å²) < 4.78 is 226. The summed E-state index contributed by atoms with van der Waals surface area (Å²) in [4.78, 5) is 0. The topological polar surface area (TPSA) is 57.4 Å². The Kier molecular flexibility index (Phi) is 15.2. The Bertz CT molecular complexity index is 5480. The van der Waals surface area contributed by atoms with Gasteiger partial charge in [-0.05, 0) is 204 Å². The van der Waals surface area contributed by atoms with Crippen LogP contribution in [-0.4, -0.2) is 9.13 Å². The van der Waals surface area contributed by atoms with Gasteiger partial charge in [0.05, 0.1) is 84.5 Å². The highest BCUT2D eigenvalue weighted by molar-refractivity contribution is 6.15. The number of aryl methyl sites for hydroxylation is 4. The van der Waals surface area contributed by atoms with Crippen LogP contribution in [0, 0.1) is 50.4 Å². The van der Waals surface area contributed by atoms with Crippen molar-refractivity contribution in [2.24, 2.45) is 0 Å². The van der Waals surface area contributed by atoms with Crippen LogP contribution in [0.1, 0.15) is 61.2 Å². The fourth-order valence-electron chi connectivity index (χ4n) is 13.3. The van der Waals surface area contributed by atoms with Crippen LogP contribution in [0.15, 0.2) is 200 Å². The molecule has 0 aliphatic carbocycles. The predicted molar refractivity (Wildman–Crippen MR) is 341 cm³/mol. The minimum atomic E-state index is -5.28. The van der Waals surface area contributed by atoms with E-state index in [0.717, 1.165) is 47.0 Å². The third kappa shape index (κ3) is 11.1. The fourth-order valence-corrected chi connectivity index (χ4v) is 13.3. The summed E-state index contributed by atoms with van der Waals surface area (Å²) in [5.74, 6) is 0. The Morgan fingerprint density at radius 2 is 0.688 bits per heavy atom. The molecule has 11 aromatic carbocycles. The van der Waals surface area contributed by atoms with Crippen LogP contribution in [0.2, 0.25) is 0 Å². The van der Waals surface area contributed by atoms with Crippen molar-refractivity contribution in [3.05, 3.63) is 261 Å². The Balaban J connectivity index is 1.16. The number of nitrogens with zero attached hydrogens (tertiary/aromatic N) is 4. The number of fused-ring (bicyclic) bond motifs is 6. The maximum Gasteiger partial charge on any atom is 0.417 e. The number of benzene rings is 11. The van der Waals surface area contributed by atoms with Gasteiger partial charge in [0.1, 0.15) is 0 Å². The molecule has 0 aliphatic rings. The monoisotopic (exact) mass is 1310 g/mol. The second kappa shape index (κ2) is 22.9. The molecule has 19 heteroatoms. The van der Waals surface area contributed by atoms with Crippen LogP contribution in [-0.2, 0) is 30.9 Å². The zero-order valence-electron chi connectivity index (χ0n) is 50.5. The zero-order valence-corrected chi connectivity index (χ0v) is 50.5. The number of halogens is 15. The molecule has 2 aromatic heterocycles. The van der Waals surface area contributed by atoms with Crippen LogP contribution >= 0.6 is 0 Å². The van der Waals surface area contributed by atoms with Crippen molar-refractivity contribution in [3.8, 4) is 90.3 Å². The van der Waals surface area contributed by atoms with Gasteiger partial charge in [-0.3, -0.25) is 0 Å². The van der Waals surface area contributed by atoms with E-state index in [0.29, 0.717) is 50.7 Å². The van der Waals surface area contributed by atoms with Gasteiger partial charge in [0.15, 0.2) is 0 Å². The summed E-state index contributed by atoms with van der Waals surface area (Å²) in [6.45, 7) is 6.76. The molecule has 0 unspecified atom stereocenters. The number of nitriles is 2. The molecule has 2 heterocycles. The molecule has 0 N–H and O–H groups in total. The van der Waals surface area contributed by atoms with Crippen molar-refractivity contribution in [2.75, 3.05) is 0 Å². The lowest BCUT2D eigenvalue weighted by Crippen LogP contribution is -2.12. The van der Waals surface area contributed by atoms with Crippen molar-refractivity contribution in [1.82, 2.24) is 9.13 Å². The predicted octanol–water partition coefficient (Wildman–Crippen LogP) is 24.0. The standard InChI is InChI=1S/C77H45F15N4/c1-40-11-20-52(42(3)29-40)45-14-25-65-58(33-45)60-36-48(55-24-19-51(74(81,82)83)37-64(55)77(90,91)92)17-27-66(60)95(65)69-9-5-7-49(39-94)71(69)72-57(56-22-13-44(38-93)32-63(56)76(87,88)89)8-6-10-70(72)96-67-26-15-46(53-23-18-50(31-43(53)4)73(78,79)80)34-59(67)61-35-47(16-28-68(61)96)54-21-12-41(2)30-62(54)75(84,85)86/h5-37H,1-4H3. The SMILES string of the molecule is Cc1ccc(-c2ccc3c(c2)c2cc(-c4ccc(C(F)(F)F)cc4C(F)(F)F)ccc2n3-c2cccc(C#N)c2-c2c(-c3ccc(C#N)cc3C(F)(F)F)cccc2-n2c3ccc(-c4ccc(C(F)(F)F)cc4C)cc3c3cc(-c4ccc(C)cc4C(F)(F)F)ccc32)c(C)c1. The molecule has 0 spiro atoms. The molecule has 0 amide bonds. The lowest BCUT2D eigenvalue weighted by atomic mass is 9.86. The quantitative estimate of drug-likeness (QED) is 0.142. The van der Waals surface area contributed by atoms with E-state index in [1.165, 1.54) is 98.8 Å². The summed E-state index contributed by atoms with van der Waals surface area (Å²) in [7, 11) is 0. The van der Waals surface area contributed by atoms with Gasteiger partial charge < -0.3 is 9.13 Å². The van der Waals surface area contributed by atoms with E-state index in [-0.39, 0.29) is 94.8 Å². The molecule has 13 rings (SSSR count).